The van der Waals surface area contributed by atoms with Crippen molar-refractivity contribution in [2.24, 2.45) is 0 Å². The fourth-order valence-electron chi connectivity index (χ4n) is 1.03. The van der Waals surface area contributed by atoms with Gasteiger partial charge in [-0.05, 0) is 25.3 Å². The Morgan fingerprint density at radius 1 is 1.53 bits per heavy atom. The maximum atomic E-state index is 11.6. The number of carbonyl (C=O) groups is 1. The average Bonchev–Trinajstić information content (AvgIpc) is 2.28. The van der Waals surface area contributed by atoms with Gasteiger partial charge in [0.1, 0.15) is 6.07 Å². The molecule has 0 aliphatic rings. The lowest BCUT2D eigenvalue weighted by Crippen LogP contribution is -2.22. The highest BCUT2D eigenvalue weighted by molar-refractivity contribution is 7.99. The Hall–Kier alpha value is -1.47. The number of hydrogen-bond donors (Lipinski definition) is 1. The number of nitrogens with zero attached hydrogens (tertiary/aromatic N) is 1. The van der Waals surface area contributed by atoms with Gasteiger partial charge in [0.25, 0.3) is 0 Å². The second-order valence-corrected chi connectivity index (χ2v) is 4.20. The Morgan fingerprint density at radius 2 is 2.20 bits per heavy atom. The molecule has 1 aromatic carbocycles. The van der Waals surface area contributed by atoms with Crippen LogP contribution in [-0.4, -0.2) is 17.4 Å². The van der Waals surface area contributed by atoms with Crippen molar-refractivity contribution in [2.45, 2.75) is 12.2 Å². The van der Waals surface area contributed by atoms with E-state index in [2.05, 4.69) is 5.32 Å². The molecule has 1 aromatic rings. The molecule has 0 aliphatic heterocycles. The van der Waals surface area contributed by atoms with Gasteiger partial charge in [-0.25, -0.2) is 0 Å². The topological polar surface area (TPSA) is 52.9 Å². The molecule has 0 aliphatic carbocycles. The quantitative estimate of drug-likeness (QED) is 0.850. The molecule has 0 saturated heterocycles. The molecule has 0 saturated carbocycles. The molecule has 0 bridgehead atoms. The van der Waals surface area contributed by atoms with Crippen LogP contribution in [0.3, 0.4) is 0 Å². The molecule has 1 atom stereocenters. The van der Waals surface area contributed by atoms with Crippen LogP contribution >= 0.6 is 11.8 Å². The maximum Gasteiger partial charge on any atom is 0.237 e. The molecule has 1 N–H and O–H groups in total. The molecule has 1 rings (SSSR count). The Kier molecular flexibility index (Phi) is 4.19. The van der Waals surface area contributed by atoms with Crippen LogP contribution in [0.2, 0.25) is 0 Å². The Balaban J connectivity index is 2.81. The molecule has 0 heterocycles. The minimum atomic E-state index is -0.114. The van der Waals surface area contributed by atoms with Crippen molar-refractivity contribution in [2.75, 3.05) is 11.6 Å². The molecule has 3 nitrogen and oxygen atoms in total. The fraction of sp³-hybridized carbons (Fsp3) is 0.273. The minimum absolute atomic E-state index is 0.0785. The van der Waals surface area contributed by atoms with Gasteiger partial charge in [-0.1, -0.05) is 12.1 Å². The Labute approximate surface area is 93.5 Å². The summed E-state index contributed by atoms with van der Waals surface area (Å²) in [6, 6.07) is 9.00. The van der Waals surface area contributed by atoms with Crippen LogP contribution < -0.4 is 5.32 Å². The second kappa shape index (κ2) is 5.42. The van der Waals surface area contributed by atoms with Crippen LogP contribution in [0.1, 0.15) is 12.5 Å². The summed E-state index contributed by atoms with van der Waals surface area (Å²) in [5, 5.41) is 11.4. The number of para-hydroxylation sites is 1. The zero-order valence-corrected chi connectivity index (χ0v) is 9.47. The van der Waals surface area contributed by atoms with E-state index in [1.807, 2.05) is 19.2 Å². The first-order valence-electron chi connectivity index (χ1n) is 4.52. The van der Waals surface area contributed by atoms with E-state index >= 15 is 0 Å². The third kappa shape index (κ3) is 3.00. The molecule has 78 valence electrons. The van der Waals surface area contributed by atoms with Crippen LogP contribution in [0.25, 0.3) is 0 Å². The molecule has 0 fully saturated rings. The highest BCUT2D eigenvalue weighted by Crippen LogP contribution is 2.15. The lowest BCUT2D eigenvalue weighted by molar-refractivity contribution is -0.115. The number of anilines is 1. The van der Waals surface area contributed by atoms with Crippen LogP contribution in [0.15, 0.2) is 24.3 Å². The van der Waals surface area contributed by atoms with Crippen molar-refractivity contribution in [1.82, 2.24) is 0 Å². The molecule has 1 unspecified atom stereocenters. The molecule has 4 heteroatoms. The summed E-state index contributed by atoms with van der Waals surface area (Å²) < 4.78 is 0. The van der Waals surface area contributed by atoms with E-state index in [-0.39, 0.29) is 11.2 Å². The summed E-state index contributed by atoms with van der Waals surface area (Å²) in [5.74, 6) is -0.0785. The van der Waals surface area contributed by atoms with Gasteiger partial charge in [0, 0.05) is 0 Å². The zero-order chi connectivity index (χ0) is 11.3. The summed E-state index contributed by atoms with van der Waals surface area (Å²) in [7, 11) is 0. The molecule has 0 spiro atoms. The van der Waals surface area contributed by atoms with Crippen molar-refractivity contribution < 1.29 is 4.79 Å². The summed E-state index contributed by atoms with van der Waals surface area (Å²) >= 11 is 1.47. The monoisotopic (exact) mass is 220 g/mol. The van der Waals surface area contributed by atoms with Gasteiger partial charge >= 0.3 is 0 Å². The van der Waals surface area contributed by atoms with E-state index < -0.39 is 0 Å². The van der Waals surface area contributed by atoms with Gasteiger partial charge in [-0.2, -0.15) is 17.0 Å². The number of hydrogen-bond acceptors (Lipinski definition) is 3. The molecular weight excluding hydrogens is 208 g/mol. The smallest absolute Gasteiger partial charge is 0.237 e. The largest absolute Gasteiger partial charge is 0.324 e. The number of thioether (sulfide) groups is 1. The first-order chi connectivity index (χ1) is 7.19. The van der Waals surface area contributed by atoms with Crippen LogP contribution in [0.5, 0.6) is 0 Å². The Morgan fingerprint density at radius 3 is 2.80 bits per heavy atom. The number of carbonyl (C=O) groups excluding carboxylic acids is 1. The van der Waals surface area contributed by atoms with Gasteiger partial charge in [0.15, 0.2) is 0 Å². The van der Waals surface area contributed by atoms with E-state index in [0.29, 0.717) is 11.3 Å². The van der Waals surface area contributed by atoms with Crippen molar-refractivity contribution in [3.05, 3.63) is 29.8 Å². The van der Waals surface area contributed by atoms with E-state index in [1.165, 1.54) is 11.8 Å². The van der Waals surface area contributed by atoms with Crippen molar-refractivity contribution >= 4 is 23.4 Å². The third-order valence-corrected chi connectivity index (χ3v) is 2.95. The Bertz CT molecular complexity index is 398. The maximum absolute atomic E-state index is 11.6. The number of benzene rings is 1. The minimum Gasteiger partial charge on any atom is -0.324 e. The van der Waals surface area contributed by atoms with Crippen molar-refractivity contribution in [1.29, 1.82) is 5.26 Å². The normalized spacial score (nSPS) is 11.5. The molecule has 15 heavy (non-hydrogen) atoms. The van der Waals surface area contributed by atoms with Crippen LogP contribution in [0, 0.1) is 11.3 Å². The number of rotatable bonds is 3. The molecular formula is C11H12N2OS. The highest BCUT2D eigenvalue weighted by Gasteiger charge is 2.12. The van der Waals surface area contributed by atoms with E-state index in [0.717, 1.165) is 0 Å². The molecule has 0 radical (unpaired) electrons. The average molecular weight is 220 g/mol. The summed E-state index contributed by atoms with van der Waals surface area (Å²) in [6.07, 6.45) is 1.88. The van der Waals surface area contributed by atoms with Gasteiger partial charge in [0.05, 0.1) is 16.5 Å². The molecule has 1 amide bonds. The van der Waals surface area contributed by atoms with E-state index in [9.17, 15) is 4.79 Å². The number of nitrogens with one attached hydrogen (secondary N) is 1. The zero-order valence-electron chi connectivity index (χ0n) is 8.65. The third-order valence-electron chi connectivity index (χ3n) is 2.03. The first-order valence-corrected chi connectivity index (χ1v) is 5.80. The number of amides is 1. The molecule has 0 aromatic heterocycles. The predicted molar refractivity (Wildman–Crippen MR) is 62.8 cm³/mol. The summed E-state index contributed by atoms with van der Waals surface area (Å²) in [4.78, 5) is 11.6. The number of nitriles is 1. The van der Waals surface area contributed by atoms with Gasteiger partial charge in [-0.15, -0.1) is 0 Å². The lowest BCUT2D eigenvalue weighted by Gasteiger charge is -2.10. The lowest BCUT2D eigenvalue weighted by atomic mass is 10.2. The summed E-state index contributed by atoms with van der Waals surface area (Å²) in [6.45, 7) is 1.83. The van der Waals surface area contributed by atoms with E-state index in [4.69, 9.17) is 5.26 Å². The predicted octanol–water partition coefficient (Wildman–Crippen LogP) is 2.25. The van der Waals surface area contributed by atoms with Gasteiger partial charge in [0.2, 0.25) is 5.91 Å². The van der Waals surface area contributed by atoms with Crippen molar-refractivity contribution in [3.63, 3.8) is 0 Å². The van der Waals surface area contributed by atoms with Gasteiger partial charge < -0.3 is 5.32 Å². The SMILES string of the molecule is CSC(C)C(=O)Nc1ccccc1C#N. The van der Waals surface area contributed by atoms with Crippen molar-refractivity contribution in [3.8, 4) is 6.07 Å². The standard InChI is InChI=1S/C11H12N2OS/c1-8(15-2)11(14)13-10-6-4-3-5-9(10)7-12/h3-6,8H,1-2H3,(H,13,14). The van der Waals surface area contributed by atoms with E-state index in [1.54, 1.807) is 24.3 Å². The van der Waals surface area contributed by atoms with Crippen LogP contribution in [0.4, 0.5) is 5.69 Å². The highest BCUT2D eigenvalue weighted by atomic mass is 32.2. The first kappa shape index (κ1) is 11.6. The van der Waals surface area contributed by atoms with Gasteiger partial charge in [-0.3, -0.25) is 4.79 Å². The fourth-order valence-corrected chi connectivity index (χ4v) is 1.30. The second-order valence-electron chi connectivity index (χ2n) is 3.02. The van der Waals surface area contributed by atoms with Crippen LogP contribution in [-0.2, 0) is 4.79 Å². The summed E-state index contributed by atoms with van der Waals surface area (Å²) in [5.41, 5.74) is 1.06.